The summed E-state index contributed by atoms with van der Waals surface area (Å²) in [5.74, 6) is -2.61. The summed E-state index contributed by atoms with van der Waals surface area (Å²) in [7, 11) is 0. The van der Waals surface area contributed by atoms with Crippen molar-refractivity contribution < 1.29 is 24.2 Å². The van der Waals surface area contributed by atoms with Crippen LogP contribution in [0.4, 0.5) is 0 Å². The fourth-order valence-corrected chi connectivity index (χ4v) is 2.86. The van der Waals surface area contributed by atoms with E-state index in [0.29, 0.717) is 11.1 Å². The third-order valence-electron chi connectivity index (χ3n) is 4.15. The third kappa shape index (κ3) is 4.00. The highest BCUT2D eigenvalue weighted by Gasteiger charge is 2.43. The fraction of sp³-hybridized carbons (Fsp3) is 0.400. The number of carbonyl (C=O) groups excluding carboxylic acids is 3. The molecule has 1 aromatic carbocycles. The Bertz CT molecular complexity index is 898. The van der Waals surface area contributed by atoms with Crippen LogP contribution in [0.5, 0.6) is 0 Å². The van der Waals surface area contributed by atoms with E-state index in [1.807, 2.05) is 6.07 Å². The number of aliphatic hydroxyl groups excluding tert-OH is 1. The topological polar surface area (TPSA) is 116 Å². The Labute approximate surface area is 157 Å². The van der Waals surface area contributed by atoms with Crippen molar-refractivity contribution in [2.24, 2.45) is 0 Å². The number of Topliss-reactive ketones (excluding diaryl/α,β-unsaturated/α-hetero) is 1. The van der Waals surface area contributed by atoms with E-state index in [1.165, 1.54) is 6.07 Å². The Morgan fingerprint density at radius 2 is 1.93 bits per heavy atom. The van der Waals surface area contributed by atoms with Crippen molar-refractivity contribution in [2.75, 3.05) is 6.54 Å². The molecule has 2 N–H and O–H groups in total. The molecule has 1 aromatic rings. The second-order valence-corrected chi connectivity index (χ2v) is 7.82. The highest BCUT2D eigenvalue weighted by Crippen LogP contribution is 2.39. The van der Waals surface area contributed by atoms with Crippen LogP contribution in [-0.4, -0.2) is 34.9 Å². The van der Waals surface area contributed by atoms with Crippen LogP contribution in [0.1, 0.15) is 51.3 Å². The number of amides is 1. The number of rotatable bonds is 3. The first-order valence-electron chi connectivity index (χ1n) is 8.41. The van der Waals surface area contributed by atoms with Crippen LogP contribution in [0.3, 0.4) is 0 Å². The first kappa shape index (κ1) is 20.2. The minimum atomic E-state index is -1.08. The number of aliphatic hydroxyl groups is 1. The minimum absolute atomic E-state index is 0.251. The average Bonchev–Trinajstić information content (AvgIpc) is 2.56. The molecule has 1 aliphatic rings. The number of fused-ring (bicyclic) bond motifs is 1. The molecule has 0 heterocycles. The van der Waals surface area contributed by atoms with E-state index < -0.39 is 46.6 Å². The number of nitriles is 1. The minimum Gasteiger partial charge on any atom is -0.506 e. The summed E-state index contributed by atoms with van der Waals surface area (Å²) < 4.78 is 5.10. The highest BCUT2D eigenvalue weighted by atomic mass is 16.6. The SMILES string of the molecule is CC(C)(C)OC(=O)CNC(=O)C1=C(O)c2cc(C#N)ccc2C(C)(C)C1=O. The predicted octanol–water partition coefficient (Wildman–Crippen LogP) is 2.15. The summed E-state index contributed by atoms with van der Waals surface area (Å²) in [5, 5.41) is 21.9. The first-order chi connectivity index (χ1) is 12.4. The molecule has 2 rings (SSSR count). The summed E-state index contributed by atoms with van der Waals surface area (Å²) >= 11 is 0. The van der Waals surface area contributed by atoms with Crippen molar-refractivity contribution in [1.82, 2.24) is 5.32 Å². The molecule has 0 atom stereocenters. The van der Waals surface area contributed by atoms with E-state index in [4.69, 9.17) is 10.00 Å². The molecule has 0 saturated carbocycles. The van der Waals surface area contributed by atoms with Crippen molar-refractivity contribution in [3.8, 4) is 6.07 Å². The molecule has 7 nitrogen and oxygen atoms in total. The lowest BCUT2D eigenvalue weighted by molar-refractivity contribution is -0.154. The van der Waals surface area contributed by atoms with E-state index in [-0.39, 0.29) is 5.56 Å². The monoisotopic (exact) mass is 370 g/mol. The van der Waals surface area contributed by atoms with Crippen molar-refractivity contribution in [2.45, 2.75) is 45.6 Å². The number of esters is 1. The number of nitrogens with one attached hydrogen (secondary N) is 1. The highest BCUT2D eigenvalue weighted by molar-refractivity contribution is 6.28. The second kappa shape index (κ2) is 6.88. The molecular weight excluding hydrogens is 348 g/mol. The average molecular weight is 370 g/mol. The number of hydrogen-bond acceptors (Lipinski definition) is 6. The molecule has 0 fully saturated rings. The molecule has 0 spiro atoms. The molecule has 0 aromatic heterocycles. The zero-order valence-corrected chi connectivity index (χ0v) is 16.0. The maximum Gasteiger partial charge on any atom is 0.325 e. The summed E-state index contributed by atoms with van der Waals surface area (Å²) in [6, 6.07) is 6.54. The van der Waals surface area contributed by atoms with Gasteiger partial charge in [-0.1, -0.05) is 6.07 Å². The van der Waals surface area contributed by atoms with Gasteiger partial charge in [0.25, 0.3) is 5.91 Å². The van der Waals surface area contributed by atoms with Gasteiger partial charge in [-0.05, 0) is 52.3 Å². The maximum atomic E-state index is 12.8. The standard InChI is InChI=1S/C20H22N2O5/c1-19(2,3)27-14(23)10-22-18(26)15-16(24)12-8-11(9-21)6-7-13(12)20(4,5)17(15)25/h6-8,24H,10H2,1-5H3,(H,22,26). The molecule has 0 radical (unpaired) electrons. The van der Waals surface area contributed by atoms with Gasteiger partial charge in [0.2, 0.25) is 0 Å². The molecule has 0 bridgehead atoms. The zero-order chi connectivity index (χ0) is 20.6. The second-order valence-electron chi connectivity index (χ2n) is 7.82. The van der Waals surface area contributed by atoms with Gasteiger partial charge in [-0.15, -0.1) is 0 Å². The molecule has 1 aliphatic carbocycles. The molecule has 7 heteroatoms. The van der Waals surface area contributed by atoms with Gasteiger partial charge in [-0.3, -0.25) is 14.4 Å². The van der Waals surface area contributed by atoms with Gasteiger partial charge in [0.15, 0.2) is 5.78 Å². The van der Waals surface area contributed by atoms with Crippen LogP contribution in [-0.2, 0) is 24.5 Å². The van der Waals surface area contributed by atoms with Crippen molar-refractivity contribution in [3.63, 3.8) is 0 Å². The van der Waals surface area contributed by atoms with E-state index in [0.717, 1.165) is 0 Å². The van der Waals surface area contributed by atoms with Crippen molar-refractivity contribution >= 4 is 23.4 Å². The van der Waals surface area contributed by atoms with E-state index in [9.17, 15) is 19.5 Å². The van der Waals surface area contributed by atoms with Crippen LogP contribution in [0.2, 0.25) is 0 Å². The summed E-state index contributed by atoms with van der Waals surface area (Å²) in [4.78, 5) is 37.1. The smallest absolute Gasteiger partial charge is 0.325 e. The fourth-order valence-electron chi connectivity index (χ4n) is 2.86. The zero-order valence-electron chi connectivity index (χ0n) is 16.0. The van der Waals surface area contributed by atoms with Gasteiger partial charge >= 0.3 is 5.97 Å². The molecule has 27 heavy (non-hydrogen) atoms. The van der Waals surface area contributed by atoms with Crippen molar-refractivity contribution in [1.29, 1.82) is 5.26 Å². The van der Waals surface area contributed by atoms with Crippen LogP contribution >= 0.6 is 0 Å². The van der Waals surface area contributed by atoms with Gasteiger partial charge in [0.1, 0.15) is 23.5 Å². The van der Waals surface area contributed by atoms with Gasteiger partial charge in [-0.2, -0.15) is 5.26 Å². The predicted molar refractivity (Wildman–Crippen MR) is 97.6 cm³/mol. The Morgan fingerprint density at radius 1 is 1.30 bits per heavy atom. The van der Waals surface area contributed by atoms with Gasteiger partial charge in [0, 0.05) is 5.56 Å². The Balaban J connectivity index is 2.37. The van der Waals surface area contributed by atoms with Crippen molar-refractivity contribution in [3.05, 3.63) is 40.5 Å². The molecule has 0 saturated heterocycles. The summed E-state index contributed by atoms with van der Waals surface area (Å²) in [5.41, 5.74) is -1.16. The Hall–Kier alpha value is -3.14. The van der Waals surface area contributed by atoms with Gasteiger partial charge in [0.05, 0.1) is 17.0 Å². The lowest BCUT2D eigenvalue weighted by atomic mass is 9.70. The molecular formula is C20H22N2O5. The summed E-state index contributed by atoms with van der Waals surface area (Å²) in [6.07, 6.45) is 0. The lowest BCUT2D eigenvalue weighted by Gasteiger charge is -2.31. The van der Waals surface area contributed by atoms with E-state index in [2.05, 4.69) is 5.32 Å². The van der Waals surface area contributed by atoms with E-state index >= 15 is 0 Å². The lowest BCUT2D eigenvalue weighted by Crippen LogP contribution is -2.43. The van der Waals surface area contributed by atoms with Crippen LogP contribution < -0.4 is 5.32 Å². The van der Waals surface area contributed by atoms with E-state index in [1.54, 1.807) is 46.8 Å². The molecule has 1 amide bonds. The number of hydrogen-bond donors (Lipinski definition) is 2. The van der Waals surface area contributed by atoms with Gasteiger partial charge < -0.3 is 15.2 Å². The molecule has 0 aliphatic heterocycles. The Morgan fingerprint density at radius 3 is 2.48 bits per heavy atom. The van der Waals surface area contributed by atoms with Crippen LogP contribution in [0.25, 0.3) is 5.76 Å². The Kier molecular flexibility index (Phi) is 5.14. The largest absolute Gasteiger partial charge is 0.506 e. The molecule has 142 valence electrons. The normalized spacial score (nSPS) is 15.6. The third-order valence-corrected chi connectivity index (χ3v) is 4.15. The van der Waals surface area contributed by atoms with Crippen LogP contribution in [0, 0.1) is 11.3 Å². The number of ether oxygens (including phenoxy) is 1. The van der Waals surface area contributed by atoms with Gasteiger partial charge in [-0.25, -0.2) is 0 Å². The maximum absolute atomic E-state index is 12.8. The molecule has 0 unspecified atom stereocenters. The number of ketones is 1. The van der Waals surface area contributed by atoms with Crippen LogP contribution in [0.15, 0.2) is 23.8 Å². The first-order valence-corrected chi connectivity index (χ1v) is 8.41. The quantitative estimate of drug-likeness (QED) is 0.622. The summed E-state index contributed by atoms with van der Waals surface area (Å²) in [6.45, 7) is 7.90. The number of benzene rings is 1. The number of carbonyl (C=O) groups is 3. The number of nitrogens with zero attached hydrogens (tertiary/aromatic N) is 1.